The molecule has 1 N–H and O–H groups in total. The Morgan fingerprint density at radius 3 is 2.27 bits per heavy atom. The first-order valence-electron chi connectivity index (χ1n) is 11.0. The van der Waals surface area contributed by atoms with Crippen molar-refractivity contribution in [3.63, 3.8) is 0 Å². The van der Waals surface area contributed by atoms with E-state index in [1.807, 2.05) is 30.3 Å². The second-order valence-electron chi connectivity index (χ2n) is 9.32. The Balaban J connectivity index is 1.70. The molecular weight excluding hydrogens is 435 g/mol. The highest BCUT2D eigenvalue weighted by Crippen LogP contribution is 2.35. The maximum absolute atomic E-state index is 12.9. The highest BCUT2D eigenvalue weighted by Gasteiger charge is 2.35. The van der Waals surface area contributed by atoms with Gasteiger partial charge in [-0.1, -0.05) is 30.3 Å². The molecule has 5 nitrogen and oxygen atoms in total. The minimum absolute atomic E-state index is 0.150. The molecule has 33 heavy (non-hydrogen) atoms. The number of likely N-dealkylation sites (tertiary alicyclic amines) is 1. The second-order valence-corrected chi connectivity index (χ2v) is 9.32. The van der Waals surface area contributed by atoms with Crippen LogP contribution in [0.1, 0.15) is 50.8 Å². The number of amides is 1. The highest BCUT2D eigenvalue weighted by atomic mass is 19.4. The number of β-amino-alcohol motifs (C(OH)–C–C–N with tert-alkyl or cyclic N) is 1. The van der Waals surface area contributed by atoms with Crippen LogP contribution in [0.2, 0.25) is 0 Å². The fraction of sp³-hybridized carbons (Fsp3) is 0.480. The van der Waals surface area contributed by atoms with Crippen LogP contribution in [0.25, 0.3) is 0 Å². The molecule has 0 aromatic heterocycles. The molecule has 3 rings (SSSR count). The maximum Gasteiger partial charge on any atom is 0.416 e. The van der Waals surface area contributed by atoms with E-state index < -0.39 is 35.6 Å². The minimum Gasteiger partial charge on any atom is -0.486 e. The summed E-state index contributed by atoms with van der Waals surface area (Å²) in [5.41, 5.74) is -0.498. The van der Waals surface area contributed by atoms with Crippen LogP contribution >= 0.6 is 0 Å². The SMILES string of the molecule is CC(C)(C)OC(=O)N1CC[C@@H](C[C@H](Oc2ccc(C(F)(F)F)cc2)c2ccccc2)[C@H](O)C1. The van der Waals surface area contributed by atoms with Crippen molar-refractivity contribution in [2.75, 3.05) is 13.1 Å². The Hall–Kier alpha value is -2.74. The number of carbonyl (C=O) groups excluding carboxylic acids is 1. The van der Waals surface area contributed by atoms with Crippen LogP contribution in [-0.4, -0.2) is 40.9 Å². The van der Waals surface area contributed by atoms with E-state index >= 15 is 0 Å². The smallest absolute Gasteiger partial charge is 0.416 e. The van der Waals surface area contributed by atoms with Crippen molar-refractivity contribution in [2.45, 2.75) is 57.6 Å². The van der Waals surface area contributed by atoms with Gasteiger partial charge in [-0.2, -0.15) is 13.2 Å². The van der Waals surface area contributed by atoms with Gasteiger partial charge >= 0.3 is 12.3 Å². The molecule has 8 heteroatoms. The standard InChI is InChI=1S/C25H30F3NO4/c1-24(2,3)33-23(31)29-14-13-18(21(30)16-29)15-22(17-7-5-4-6-8-17)32-20-11-9-19(10-12-20)25(26,27)28/h4-12,18,21-22,30H,13-16H2,1-3H3/t18-,21+,22-/m0/s1. The molecule has 0 spiro atoms. The summed E-state index contributed by atoms with van der Waals surface area (Å²) in [6, 6.07) is 14.0. The van der Waals surface area contributed by atoms with E-state index in [0.29, 0.717) is 25.1 Å². The van der Waals surface area contributed by atoms with Crippen LogP contribution in [0.15, 0.2) is 54.6 Å². The van der Waals surface area contributed by atoms with Crippen LogP contribution in [0.3, 0.4) is 0 Å². The largest absolute Gasteiger partial charge is 0.486 e. The molecule has 0 bridgehead atoms. The lowest BCUT2D eigenvalue weighted by Gasteiger charge is -2.38. The fourth-order valence-electron chi connectivity index (χ4n) is 3.83. The molecule has 2 aromatic carbocycles. The second kappa shape index (κ2) is 10.0. The summed E-state index contributed by atoms with van der Waals surface area (Å²) >= 11 is 0. The number of benzene rings is 2. The minimum atomic E-state index is -4.41. The number of alkyl halides is 3. The zero-order valence-electron chi connectivity index (χ0n) is 19.0. The number of rotatable bonds is 5. The van der Waals surface area contributed by atoms with Crippen LogP contribution in [-0.2, 0) is 10.9 Å². The fourth-order valence-corrected chi connectivity index (χ4v) is 3.83. The van der Waals surface area contributed by atoms with Crippen LogP contribution < -0.4 is 4.74 Å². The van der Waals surface area contributed by atoms with Gasteiger partial charge in [-0.25, -0.2) is 4.79 Å². The van der Waals surface area contributed by atoms with E-state index in [9.17, 15) is 23.1 Å². The van der Waals surface area contributed by atoms with Gasteiger partial charge in [-0.05, 0) is 69.4 Å². The molecule has 1 aliphatic rings. The normalized spacial score (nSPS) is 20.3. The van der Waals surface area contributed by atoms with Crippen LogP contribution in [0.4, 0.5) is 18.0 Å². The summed E-state index contributed by atoms with van der Waals surface area (Å²) in [5, 5.41) is 10.7. The van der Waals surface area contributed by atoms with E-state index in [0.717, 1.165) is 17.7 Å². The molecular formula is C25H30F3NO4. The number of hydrogen-bond acceptors (Lipinski definition) is 4. The van der Waals surface area contributed by atoms with Crippen molar-refractivity contribution in [3.05, 3.63) is 65.7 Å². The molecule has 0 unspecified atom stereocenters. The van der Waals surface area contributed by atoms with E-state index in [1.54, 1.807) is 20.8 Å². The molecule has 2 aromatic rings. The summed E-state index contributed by atoms with van der Waals surface area (Å²) in [6.07, 6.45) is -5.09. The topological polar surface area (TPSA) is 59.0 Å². The van der Waals surface area contributed by atoms with Gasteiger partial charge in [-0.15, -0.1) is 0 Å². The van der Waals surface area contributed by atoms with Gasteiger partial charge in [0.15, 0.2) is 0 Å². The maximum atomic E-state index is 12.9. The van der Waals surface area contributed by atoms with E-state index in [4.69, 9.17) is 9.47 Å². The molecule has 0 saturated carbocycles. The van der Waals surface area contributed by atoms with Gasteiger partial charge in [0.2, 0.25) is 0 Å². The first kappa shape index (κ1) is 24.9. The summed E-state index contributed by atoms with van der Waals surface area (Å²) in [4.78, 5) is 13.8. The van der Waals surface area contributed by atoms with Crippen molar-refractivity contribution < 1.29 is 32.5 Å². The highest BCUT2D eigenvalue weighted by molar-refractivity contribution is 5.68. The van der Waals surface area contributed by atoms with Crippen molar-refractivity contribution in [1.29, 1.82) is 0 Å². The van der Waals surface area contributed by atoms with Gasteiger partial charge in [0.1, 0.15) is 17.5 Å². The van der Waals surface area contributed by atoms with E-state index in [1.165, 1.54) is 17.0 Å². The number of aliphatic hydroxyl groups is 1. The number of hydrogen-bond donors (Lipinski definition) is 1. The summed E-state index contributed by atoms with van der Waals surface area (Å²) in [7, 11) is 0. The zero-order valence-corrected chi connectivity index (χ0v) is 19.0. The Labute approximate surface area is 192 Å². The summed E-state index contributed by atoms with van der Waals surface area (Å²) in [5.74, 6) is 0.167. The first-order valence-corrected chi connectivity index (χ1v) is 11.0. The predicted molar refractivity (Wildman–Crippen MR) is 118 cm³/mol. The number of ether oxygens (including phenoxy) is 2. The van der Waals surface area contributed by atoms with Crippen molar-refractivity contribution in [3.8, 4) is 5.75 Å². The number of halogens is 3. The number of aliphatic hydroxyl groups excluding tert-OH is 1. The Morgan fingerprint density at radius 1 is 1.09 bits per heavy atom. The molecule has 1 fully saturated rings. The first-order chi connectivity index (χ1) is 15.4. The van der Waals surface area contributed by atoms with Crippen molar-refractivity contribution >= 4 is 6.09 Å². The Kier molecular flexibility index (Phi) is 7.57. The van der Waals surface area contributed by atoms with Gasteiger partial charge in [-0.3, -0.25) is 0 Å². The van der Waals surface area contributed by atoms with Gasteiger partial charge < -0.3 is 19.5 Å². The molecule has 1 aliphatic heterocycles. The van der Waals surface area contributed by atoms with E-state index in [-0.39, 0.29) is 12.5 Å². The lowest BCUT2D eigenvalue weighted by atomic mass is 9.87. The third-order valence-corrected chi connectivity index (χ3v) is 5.52. The quantitative estimate of drug-likeness (QED) is 0.603. The van der Waals surface area contributed by atoms with Gasteiger partial charge in [0, 0.05) is 6.54 Å². The van der Waals surface area contributed by atoms with E-state index in [2.05, 4.69) is 0 Å². The lowest BCUT2D eigenvalue weighted by molar-refractivity contribution is -0.137. The summed E-state index contributed by atoms with van der Waals surface area (Å²) in [6.45, 7) is 5.96. The molecule has 0 aliphatic carbocycles. The van der Waals surface area contributed by atoms with Gasteiger partial charge in [0.05, 0.1) is 18.2 Å². The average molecular weight is 466 g/mol. The van der Waals surface area contributed by atoms with Crippen molar-refractivity contribution in [2.24, 2.45) is 5.92 Å². The molecule has 1 amide bonds. The van der Waals surface area contributed by atoms with Gasteiger partial charge in [0.25, 0.3) is 0 Å². The number of piperidine rings is 1. The monoisotopic (exact) mass is 465 g/mol. The molecule has 1 saturated heterocycles. The zero-order chi connectivity index (χ0) is 24.2. The molecule has 0 radical (unpaired) electrons. The van der Waals surface area contributed by atoms with Crippen molar-refractivity contribution in [1.82, 2.24) is 4.90 Å². The summed E-state index contributed by atoms with van der Waals surface area (Å²) < 4.78 is 50.1. The molecule has 3 atom stereocenters. The average Bonchev–Trinajstić information content (AvgIpc) is 2.73. The van der Waals surface area contributed by atoms with Crippen LogP contribution in [0.5, 0.6) is 5.75 Å². The predicted octanol–water partition coefficient (Wildman–Crippen LogP) is 5.83. The molecule has 1 heterocycles. The third-order valence-electron chi connectivity index (χ3n) is 5.52. The third kappa shape index (κ3) is 7.12. The van der Waals surface area contributed by atoms with Crippen LogP contribution in [0, 0.1) is 5.92 Å². The lowest BCUT2D eigenvalue weighted by Crippen LogP contribution is -2.48. The Bertz CT molecular complexity index is 910. The number of nitrogens with zero attached hydrogens (tertiary/aromatic N) is 1. The molecule has 180 valence electrons. The Morgan fingerprint density at radius 2 is 1.73 bits per heavy atom. The number of carbonyl (C=O) groups is 1.